The number of hydrogen-bond donors (Lipinski definition) is 0. The molecule has 5 nitrogen and oxygen atoms in total. The molecule has 42 heavy (non-hydrogen) atoms. The molecule has 0 radical (unpaired) electrons. The van der Waals surface area contributed by atoms with Gasteiger partial charge in [0, 0.05) is 61.9 Å². The first-order chi connectivity index (χ1) is 20.3. The molecule has 0 saturated heterocycles. The van der Waals surface area contributed by atoms with Gasteiger partial charge in [0.25, 0.3) is 0 Å². The number of carbonyl (C=O) groups is 2. The summed E-state index contributed by atoms with van der Waals surface area (Å²) in [4.78, 5) is 31.5. The number of benzene rings is 4. The Hall–Kier alpha value is -3.87. The van der Waals surface area contributed by atoms with Crippen LogP contribution in [0.1, 0.15) is 59.3 Å². The number of carbonyl (C=O) groups excluding carboxylic acids is 2. The number of ketones is 1. The normalized spacial score (nSPS) is 11.8. The first-order valence-electron chi connectivity index (χ1n) is 14.1. The minimum atomic E-state index is -0.455. The molecule has 7 heteroatoms. The summed E-state index contributed by atoms with van der Waals surface area (Å²) < 4.78 is 2.27. The van der Waals surface area contributed by atoms with Crippen LogP contribution in [0.5, 0.6) is 0 Å². The molecule has 1 heterocycles. The molecule has 0 aliphatic rings. The van der Waals surface area contributed by atoms with Crippen molar-refractivity contribution in [3.8, 4) is 0 Å². The van der Waals surface area contributed by atoms with Gasteiger partial charge in [-0.3, -0.25) is 4.79 Å². The van der Waals surface area contributed by atoms with Crippen molar-refractivity contribution in [2.75, 3.05) is 5.75 Å². The summed E-state index contributed by atoms with van der Waals surface area (Å²) in [5, 5.41) is 7.07. The largest absolute Gasteiger partial charge is 0.341 e. The second-order valence-electron chi connectivity index (χ2n) is 10.3. The zero-order chi connectivity index (χ0) is 29.8. The highest BCUT2D eigenvalue weighted by Gasteiger charge is 2.18. The van der Waals surface area contributed by atoms with Crippen molar-refractivity contribution in [2.24, 2.45) is 5.16 Å². The lowest BCUT2D eigenvalue weighted by atomic mass is 9.96. The van der Waals surface area contributed by atoms with E-state index in [9.17, 15) is 9.59 Å². The molecule has 0 amide bonds. The van der Waals surface area contributed by atoms with Crippen LogP contribution in [0.25, 0.3) is 21.8 Å². The lowest BCUT2D eigenvalue weighted by Gasteiger charge is -2.11. The summed E-state index contributed by atoms with van der Waals surface area (Å²) in [6.07, 6.45) is 1.49. The van der Waals surface area contributed by atoms with E-state index in [4.69, 9.17) is 16.4 Å². The van der Waals surface area contributed by atoms with Crippen molar-refractivity contribution in [3.05, 3.63) is 112 Å². The Morgan fingerprint density at radius 3 is 2.33 bits per heavy atom. The molecule has 0 unspecified atom stereocenters. The van der Waals surface area contributed by atoms with E-state index in [0.717, 1.165) is 72.8 Å². The van der Waals surface area contributed by atoms with Crippen LogP contribution in [-0.2, 0) is 16.2 Å². The van der Waals surface area contributed by atoms with Crippen LogP contribution in [0.4, 0.5) is 0 Å². The molecular formula is C35H33ClN2O3S. The van der Waals surface area contributed by atoms with Crippen molar-refractivity contribution in [3.63, 3.8) is 0 Å². The van der Waals surface area contributed by atoms with Crippen LogP contribution in [0.3, 0.4) is 0 Å². The number of halogens is 1. The number of nitrogens with zero attached hydrogens (tertiary/aromatic N) is 2. The Morgan fingerprint density at radius 1 is 0.881 bits per heavy atom. The fraction of sp³-hybridized carbons (Fsp3) is 0.229. The number of oxime groups is 1. The van der Waals surface area contributed by atoms with E-state index in [2.05, 4.69) is 35.7 Å². The fourth-order valence-corrected chi connectivity index (χ4v) is 6.31. The van der Waals surface area contributed by atoms with Gasteiger partial charge in [-0.15, -0.1) is 11.8 Å². The van der Waals surface area contributed by atoms with E-state index in [0.29, 0.717) is 17.5 Å². The van der Waals surface area contributed by atoms with Gasteiger partial charge in [0.15, 0.2) is 5.78 Å². The Morgan fingerprint density at radius 2 is 1.62 bits per heavy atom. The Balaban J connectivity index is 1.52. The molecule has 5 aromatic rings. The van der Waals surface area contributed by atoms with Gasteiger partial charge >= 0.3 is 5.97 Å². The minimum Gasteiger partial charge on any atom is -0.341 e. The number of rotatable bonds is 10. The molecule has 5 rings (SSSR count). The van der Waals surface area contributed by atoms with Crippen LogP contribution in [0.2, 0.25) is 5.02 Å². The quantitative estimate of drug-likeness (QED) is 0.0403. The highest BCUT2D eigenvalue weighted by Crippen LogP contribution is 2.33. The predicted molar refractivity (Wildman–Crippen MR) is 174 cm³/mol. The molecule has 0 aliphatic carbocycles. The zero-order valence-electron chi connectivity index (χ0n) is 24.2. The summed E-state index contributed by atoms with van der Waals surface area (Å²) >= 11 is 7.77. The van der Waals surface area contributed by atoms with E-state index in [-0.39, 0.29) is 5.78 Å². The maximum absolute atomic E-state index is 13.5. The third kappa shape index (κ3) is 6.30. The molecule has 0 atom stereocenters. The number of thioether (sulfide) groups is 1. The van der Waals surface area contributed by atoms with Crippen molar-refractivity contribution >= 4 is 62.6 Å². The van der Waals surface area contributed by atoms with E-state index < -0.39 is 5.97 Å². The number of aromatic nitrogens is 1. The van der Waals surface area contributed by atoms with Crippen molar-refractivity contribution < 1.29 is 14.4 Å². The number of aryl methyl sites for hydroxylation is 3. The highest BCUT2D eigenvalue weighted by molar-refractivity contribution is 7.99. The van der Waals surface area contributed by atoms with Crippen LogP contribution < -0.4 is 0 Å². The maximum Gasteiger partial charge on any atom is 0.331 e. The zero-order valence-corrected chi connectivity index (χ0v) is 25.8. The third-order valence-electron chi connectivity index (χ3n) is 7.41. The number of fused-ring (bicyclic) bond motifs is 3. The molecular weight excluding hydrogens is 564 g/mol. The van der Waals surface area contributed by atoms with Crippen LogP contribution in [0.15, 0.2) is 88.9 Å². The van der Waals surface area contributed by atoms with Gasteiger partial charge in [-0.05, 0) is 105 Å². The first kappa shape index (κ1) is 29.6. The average molecular weight is 597 g/mol. The molecule has 0 bridgehead atoms. The van der Waals surface area contributed by atoms with Gasteiger partial charge in [-0.1, -0.05) is 41.0 Å². The molecule has 214 valence electrons. The topological polar surface area (TPSA) is 60.7 Å². The van der Waals surface area contributed by atoms with E-state index in [1.54, 1.807) is 11.8 Å². The maximum atomic E-state index is 13.5. The van der Waals surface area contributed by atoms with Crippen LogP contribution in [0, 0.1) is 13.8 Å². The van der Waals surface area contributed by atoms with Gasteiger partial charge in [0.2, 0.25) is 0 Å². The summed E-state index contributed by atoms with van der Waals surface area (Å²) in [5.41, 5.74) is 7.20. The second-order valence-corrected chi connectivity index (χ2v) is 11.9. The molecule has 0 saturated carbocycles. The Kier molecular flexibility index (Phi) is 9.15. The smallest absolute Gasteiger partial charge is 0.331 e. The van der Waals surface area contributed by atoms with Crippen molar-refractivity contribution in [1.29, 1.82) is 0 Å². The van der Waals surface area contributed by atoms with Gasteiger partial charge in [0.1, 0.15) is 0 Å². The standard InChI is InChI=1S/C35H33ClN2O3S/c1-5-38-33-17-12-25(35(40)28-10-7-6-9-22(28)2)20-30(33)31-21-29(23(3)19-34(31)38)32(37-41-24(4)39)11-8-18-42-27-15-13-26(36)14-16-27/h6-7,9-10,12-17,19-21H,5,8,11,18H2,1-4H3/b37-32+. The summed E-state index contributed by atoms with van der Waals surface area (Å²) in [5.74, 6) is 0.431. The molecule has 0 N–H and O–H groups in total. The molecule has 0 aliphatic heterocycles. The third-order valence-corrected chi connectivity index (χ3v) is 8.76. The van der Waals surface area contributed by atoms with Crippen LogP contribution >= 0.6 is 23.4 Å². The predicted octanol–water partition coefficient (Wildman–Crippen LogP) is 9.16. The van der Waals surface area contributed by atoms with Crippen molar-refractivity contribution in [2.45, 2.75) is 52.0 Å². The first-order valence-corrected chi connectivity index (χ1v) is 15.4. The number of hydrogen-bond acceptors (Lipinski definition) is 5. The van der Waals surface area contributed by atoms with E-state index >= 15 is 0 Å². The summed E-state index contributed by atoms with van der Waals surface area (Å²) in [6.45, 7) is 8.29. The highest BCUT2D eigenvalue weighted by atomic mass is 35.5. The van der Waals surface area contributed by atoms with Crippen LogP contribution in [-0.4, -0.2) is 27.8 Å². The minimum absolute atomic E-state index is 0.00929. The Labute approximate surface area is 255 Å². The molecule has 4 aromatic carbocycles. The average Bonchev–Trinajstić information content (AvgIpc) is 3.28. The monoisotopic (exact) mass is 596 g/mol. The van der Waals surface area contributed by atoms with Gasteiger partial charge in [-0.2, -0.15) is 0 Å². The molecule has 0 spiro atoms. The summed E-state index contributed by atoms with van der Waals surface area (Å²) in [6, 6.07) is 25.8. The van der Waals surface area contributed by atoms with Gasteiger partial charge < -0.3 is 9.40 Å². The Bertz CT molecular complexity index is 1820. The molecule has 0 fully saturated rings. The SMILES string of the molecule is CCn1c2ccc(C(=O)c3ccccc3C)cc2c2cc(/C(CCCSc3ccc(Cl)cc3)=N/OC(C)=O)c(C)cc21. The summed E-state index contributed by atoms with van der Waals surface area (Å²) in [7, 11) is 0. The van der Waals surface area contributed by atoms with Gasteiger partial charge in [0.05, 0.1) is 5.71 Å². The fourth-order valence-electron chi connectivity index (χ4n) is 5.33. The van der Waals surface area contributed by atoms with E-state index in [1.165, 1.54) is 6.92 Å². The van der Waals surface area contributed by atoms with Crippen molar-refractivity contribution in [1.82, 2.24) is 4.57 Å². The van der Waals surface area contributed by atoms with Gasteiger partial charge in [-0.25, -0.2) is 4.79 Å². The lowest BCUT2D eigenvalue weighted by molar-refractivity contribution is -0.140. The second kappa shape index (κ2) is 13.0. The van der Waals surface area contributed by atoms with E-state index in [1.807, 2.05) is 73.7 Å². The lowest BCUT2D eigenvalue weighted by Crippen LogP contribution is -2.07. The molecule has 1 aromatic heterocycles.